The molecule has 0 aromatic rings. The van der Waals surface area contributed by atoms with E-state index in [9.17, 15) is 29.4 Å². The van der Waals surface area contributed by atoms with Gasteiger partial charge in [0, 0.05) is 0 Å². The maximum atomic E-state index is 11.3. The van der Waals surface area contributed by atoms with Gasteiger partial charge in [-0.15, -0.1) is 0 Å². The summed E-state index contributed by atoms with van der Waals surface area (Å²) in [5.74, 6) is 8.26. The van der Waals surface area contributed by atoms with Crippen molar-refractivity contribution in [1.82, 2.24) is 4.90 Å². The molecule has 0 amide bonds. The van der Waals surface area contributed by atoms with E-state index in [0.717, 1.165) is 0 Å². The zero-order valence-electron chi connectivity index (χ0n) is 9.82. The standard InChI is InChI=1S/C3H15N4O9P3/c4-14-17(8,9)1-7(2-18(10,11)15-5)3-19(12,13)16-6/h1-3H2,4-6H3/p+3. The van der Waals surface area contributed by atoms with Crippen molar-refractivity contribution in [3.8, 4) is 0 Å². The van der Waals surface area contributed by atoms with E-state index in [1.807, 2.05) is 0 Å². The van der Waals surface area contributed by atoms with Crippen LogP contribution in [0.4, 0.5) is 0 Å². The Morgan fingerprint density at radius 1 is 0.737 bits per heavy atom. The Morgan fingerprint density at radius 3 is 1.11 bits per heavy atom. The van der Waals surface area contributed by atoms with Gasteiger partial charge >= 0.3 is 23.8 Å². The van der Waals surface area contributed by atoms with E-state index in [2.05, 4.69) is 31.6 Å². The molecule has 0 bridgehead atoms. The highest BCUT2D eigenvalue weighted by Gasteiger charge is 2.43. The normalized spacial score (nSPS) is 21.8. The van der Waals surface area contributed by atoms with Crippen LogP contribution in [-0.4, -0.2) is 38.4 Å². The second kappa shape index (κ2) is 7.69. The Balaban J connectivity index is 4.84. The molecule has 0 aromatic carbocycles. The lowest BCUT2D eigenvalue weighted by atomic mass is 11.0. The molecule has 0 fully saturated rings. The van der Waals surface area contributed by atoms with Crippen LogP contribution >= 0.6 is 23.8 Å². The summed E-state index contributed by atoms with van der Waals surface area (Å²) in [7, 11) is -12.7. The molecular weight excluding hydrogens is 329 g/mol. The molecule has 16 heteroatoms. The van der Waals surface area contributed by atoms with E-state index in [-0.39, 0.29) is 0 Å². The van der Waals surface area contributed by atoms with Crippen LogP contribution in [0.25, 0.3) is 0 Å². The van der Waals surface area contributed by atoms with Crippen molar-refractivity contribution in [2.24, 2.45) is 0 Å². The highest BCUT2D eigenvalue weighted by atomic mass is 31.2. The number of hydrogen-bond donors (Lipinski definition) is 6. The first-order valence-electron chi connectivity index (χ1n) is 4.46. The molecule has 0 spiro atoms. The average Bonchev–Trinajstić information content (AvgIpc) is 2.27. The zero-order chi connectivity index (χ0) is 15.3. The third-order valence-corrected chi connectivity index (χ3v) is 5.22. The van der Waals surface area contributed by atoms with Gasteiger partial charge in [0.2, 0.25) is 0 Å². The highest BCUT2D eigenvalue weighted by molar-refractivity contribution is 7.59. The number of nitrogens with zero attached hydrogens (tertiary/aromatic N) is 1. The largest absolute Gasteiger partial charge is 0.626 e. The topological polar surface area (TPSA) is 244 Å². The van der Waals surface area contributed by atoms with Gasteiger partial charge in [-0.3, -0.25) is 0 Å². The van der Waals surface area contributed by atoms with Gasteiger partial charge in [0.15, 0.2) is 18.9 Å². The lowest BCUT2D eigenvalue weighted by Crippen LogP contribution is -2.55. The van der Waals surface area contributed by atoms with Crippen LogP contribution in [0.1, 0.15) is 0 Å². The first kappa shape index (κ1) is 19.8. The van der Waals surface area contributed by atoms with Crippen molar-refractivity contribution < 1.29 is 60.9 Å². The Kier molecular flexibility index (Phi) is 8.00. The van der Waals surface area contributed by atoms with Crippen LogP contribution in [0.3, 0.4) is 0 Å². The predicted molar refractivity (Wildman–Crippen MR) is 55.8 cm³/mol. The molecule has 116 valence electrons. The van der Waals surface area contributed by atoms with E-state index in [1.54, 1.807) is 0 Å². The van der Waals surface area contributed by atoms with Crippen LogP contribution in [0.5, 0.6) is 0 Å². The molecule has 0 saturated carbocycles. The summed E-state index contributed by atoms with van der Waals surface area (Å²) in [6.07, 6.45) is -2.51. The van der Waals surface area contributed by atoms with Gasteiger partial charge in [0.25, 0.3) is 0 Å². The maximum Gasteiger partial charge on any atom is 0.317 e. The van der Waals surface area contributed by atoms with Crippen molar-refractivity contribution in [3.05, 3.63) is 0 Å². The van der Waals surface area contributed by atoms with Gasteiger partial charge in [-0.05, 0) is 13.9 Å². The molecule has 0 heterocycles. The third-order valence-electron chi connectivity index (χ3n) is 1.74. The Bertz CT molecular complexity index is 237. The molecule has 0 saturated heterocycles. The lowest BCUT2D eigenvalue weighted by Gasteiger charge is -2.29. The van der Waals surface area contributed by atoms with Gasteiger partial charge in [-0.25, -0.2) is 14.7 Å². The first-order chi connectivity index (χ1) is 8.47. The van der Waals surface area contributed by atoms with Crippen molar-refractivity contribution in [2.45, 2.75) is 0 Å². The fourth-order valence-corrected chi connectivity index (χ4v) is 3.85. The van der Waals surface area contributed by atoms with Gasteiger partial charge in [0.05, 0.1) is 0 Å². The predicted octanol–water partition coefficient (Wildman–Crippen LogP) is -6.97. The Morgan fingerprint density at radius 2 is 0.947 bits per heavy atom. The minimum Gasteiger partial charge on any atom is -0.626 e. The maximum absolute atomic E-state index is 11.3. The van der Waals surface area contributed by atoms with Gasteiger partial charge in [0.1, 0.15) is 0 Å². The molecule has 0 rings (SSSR count). The van der Waals surface area contributed by atoms with Crippen LogP contribution < -0.4 is 32.4 Å². The Labute approximate surface area is 109 Å². The van der Waals surface area contributed by atoms with Crippen LogP contribution in [0, 0.1) is 0 Å². The van der Waals surface area contributed by atoms with Crippen LogP contribution in [0.15, 0.2) is 0 Å². The summed E-state index contributed by atoms with van der Waals surface area (Å²) in [5, 5.41) is 0. The first-order valence-corrected chi connectivity index (χ1v) is 9.75. The second-order valence-electron chi connectivity index (χ2n) is 3.39. The van der Waals surface area contributed by atoms with Crippen molar-refractivity contribution in [1.29, 1.82) is 0 Å². The van der Waals surface area contributed by atoms with Gasteiger partial charge < -0.3 is 14.7 Å². The quantitative estimate of drug-likeness (QED) is 0.170. The molecule has 0 aliphatic carbocycles. The fourth-order valence-electron chi connectivity index (χ4n) is 1.01. The molecule has 0 aromatic heterocycles. The third kappa shape index (κ3) is 8.60. The molecule has 0 aliphatic heterocycles. The van der Waals surface area contributed by atoms with Gasteiger partial charge in [-0.1, -0.05) is 0 Å². The highest BCUT2D eigenvalue weighted by Crippen LogP contribution is 2.53. The van der Waals surface area contributed by atoms with E-state index >= 15 is 0 Å². The van der Waals surface area contributed by atoms with E-state index in [0.29, 0.717) is 4.90 Å². The molecule has 12 N–H and O–H groups in total. The van der Waals surface area contributed by atoms with Crippen molar-refractivity contribution >= 4 is 23.8 Å². The van der Waals surface area contributed by atoms with E-state index in [4.69, 9.17) is 0 Å². The van der Waals surface area contributed by atoms with Crippen molar-refractivity contribution in [3.63, 3.8) is 0 Å². The molecule has 3 atom stereocenters. The fraction of sp³-hybridized carbons (Fsp3) is 1.00. The summed E-state index contributed by atoms with van der Waals surface area (Å²) in [5.41, 5.74) is 0. The molecule has 3 unspecified atom stereocenters. The van der Waals surface area contributed by atoms with E-state index in [1.165, 1.54) is 0 Å². The average molecular weight is 347 g/mol. The molecule has 13 nitrogen and oxygen atoms in total. The monoisotopic (exact) mass is 347 g/mol. The van der Waals surface area contributed by atoms with Crippen LogP contribution in [0.2, 0.25) is 0 Å². The molecule has 0 radical (unpaired) electrons. The zero-order valence-corrected chi connectivity index (χ0v) is 12.5. The molecular formula is C3H18N4O9P3+3. The van der Waals surface area contributed by atoms with Crippen molar-refractivity contribution in [2.75, 3.05) is 18.9 Å². The summed E-state index contributed by atoms with van der Waals surface area (Å²) in [6.45, 7) is 0. The SMILES string of the molecule is [NH3+]O[P+]([O-])(O)CN(C[P+]([O-])(O)O[NH3+])C[P+]([O-])(O)O[NH3+]. The summed E-state index contributed by atoms with van der Waals surface area (Å²) in [4.78, 5) is 62.2. The van der Waals surface area contributed by atoms with E-state index < -0.39 is 42.7 Å². The molecule has 0 aliphatic rings. The number of hydrogen-bond acceptors (Lipinski definition) is 10. The summed E-state index contributed by atoms with van der Waals surface area (Å²) in [6, 6.07) is 0. The summed E-state index contributed by atoms with van der Waals surface area (Å²) < 4.78 is 12.1. The minimum absolute atomic E-state index is 0.684. The van der Waals surface area contributed by atoms with Gasteiger partial charge in [-0.2, -0.15) is 22.6 Å². The lowest BCUT2D eigenvalue weighted by molar-refractivity contribution is -0.652. The molecule has 19 heavy (non-hydrogen) atoms. The smallest absolute Gasteiger partial charge is 0.317 e. The second-order valence-corrected chi connectivity index (χ2v) is 8.84. The van der Waals surface area contributed by atoms with Crippen LogP contribution in [-0.2, 0) is 13.9 Å². The summed E-state index contributed by atoms with van der Waals surface area (Å²) >= 11 is 0. The Hall–Kier alpha value is 0.770. The number of quaternary nitrogens is 3. The minimum atomic E-state index is -4.22. The number of rotatable bonds is 9.